The lowest BCUT2D eigenvalue weighted by Gasteiger charge is -2.38. The fraction of sp³-hybridized carbons (Fsp3) is 0.636. The molecule has 1 aromatic rings. The van der Waals surface area contributed by atoms with Crippen molar-refractivity contribution in [2.75, 3.05) is 13.1 Å². The minimum absolute atomic E-state index is 0. The molecule has 0 radical (unpaired) electrons. The molecule has 2 unspecified atom stereocenters. The summed E-state index contributed by atoms with van der Waals surface area (Å²) in [6, 6.07) is 0.488. The molecule has 2 rings (SSSR count). The summed E-state index contributed by atoms with van der Waals surface area (Å²) in [6.45, 7) is 7.44. The summed E-state index contributed by atoms with van der Waals surface area (Å²) >= 11 is 0. The van der Waals surface area contributed by atoms with E-state index in [9.17, 15) is 4.79 Å². The number of oxazole rings is 1. The Bertz CT molecular complexity index is 394. The Balaban J connectivity index is 0.00000144. The fourth-order valence-corrected chi connectivity index (χ4v) is 1.99. The van der Waals surface area contributed by atoms with Gasteiger partial charge in [0, 0.05) is 25.2 Å². The quantitative estimate of drug-likeness (QED) is 0.824. The first-order valence-electron chi connectivity index (χ1n) is 5.55. The molecule has 96 valence electrons. The Kier molecular flexibility index (Phi) is 4.54. The number of hydrogen-bond acceptors (Lipinski definition) is 4. The molecule has 1 aliphatic heterocycles. The van der Waals surface area contributed by atoms with Crippen molar-refractivity contribution >= 4 is 18.3 Å². The summed E-state index contributed by atoms with van der Waals surface area (Å²) in [5.41, 5.74) is 0.431. The Morgan fingerprint density at radius 3 is 2.88 bits per heavy atom. The molecule has 1 amide bonds. The number of carbonyl (C=O) groups excluding carboxylic acids is 1. The van der Waals surface area contributed by atoms with Crippen LogP contribution in [0.2, 0.25) is 0 Å². The van der Waals surface area contributed by atoms with Crippen molar-refractivity contribution in [3.8, 4) is 0 Å². The van der Waals surface area contributed by atoms with Crippen molar-refractivity contribution in [1.29, 1.82) is 0 Å². The number of aryl methyl sites for hydroxylation is 1. The summed E-state index contributed by atoms with van der Waals surface area (Å²) in [5.74, 6) is 0.551. The van der Waals surface area contributed by atoms with E-state index >= 15 is 0 Å². The maximum absolute atomic E-state index is 12.2. The molecule has 1 N–H and O–H groups in total. The van der Waals surface area contributed by atoms with E-state index in [-0.39, 0.29) is 24.4 Å². The zero-order valence-electron chi connectivity index (χ0n) is 10.3. The third kappa shape index (κ3) is 2.61. The second-order valence-corrected chi connectivity index (χ2v) is 4.24. The van der Waals surface area contributed by atoms with Crippen molar-refractivity contribution in [1.82, 2.24) is 15.2 Å². The Hall–Kier alpha value is -1.07. The largest absolute Gasteiger partial charge is 0.448 e. The molecule has 1 saturated heterocycles. The minimum atomic E-state index is -0.0351. The Morgan fingerprint density at radius 2 is 2.29 bits per heavy atom. The van der Waals surface area contributed by atoms with Crippen LogP contribution >= 0.6 is 12.4 Å². The van der Waals surface area contributed by atoms with Gasteiger partial charge in [-0.05, 0) is 20.8 Å². The molecule has 0 bridgehead atoms. The third-order valence-electron chi connectivity index (χ3n) is 3.24. The number of rotatable bonds is 1. The van der Waals surface area contributed by atoms with E-state index in [1.165, 1.54) is 6.39 Å². The number of amides is 1. The lowest BCUT2D eigenvalue weighted by atomic mass is 10.1. The predicted molar refractivity (Wildman–Crippen MR) is 66.5 cm³/mol. The highest BCUT2D eigenvalue weighted by atomic mass is 35.5. The molecular weight excluding hydrogens is 242 g/mol. The van der Waals surface area contributed by atoms with Crippen LogP contribution in [0.4, 0.5) is 0 Å². The van der Waals surface area contributed by atoms with Gasteiger partial charge in [0.15, 0.2) is 12.1 Å². The number of carbonyl (C=O) groups is 1. The van der Waals surface area contributed by atoms with Crippen molar-refractivity contribution in [2.45, 2.75) is 32.9 Å². The van der Waals surface area contributed by atoms with Gasteiger partial charge in [-0.2, -0.15) is 0 Å². The van der Waals surface area contributed by atoms with Gasteiger partial charge in [-0.3, -0.25) is 4.79 Å². The van der Waals surface area contributed by atoms with E-state index in [0.29, 0.717) is 17.5 Å². The highest BCUT2D eigenvalue weighted by molar-refractivity contribution is 5.93. The molecule has 1 aliphatic rings. The van der Waals surface area contributed by atoms with Gasteiger partial charge in [-0.1, -0.05) is 0 Å². The first-order chi connectivity index (χ1) is 7.61. The number of hydrogen-bond donors (Lipinski definition) is 1. The van der Waals surface area contributed by atoms with E-state index in [4.69, 9.17) is 4.42 Å². The molecule has 0 aromatic carbocycles. The van der Waals surface area contributed by atoms with Crippen LogP contribution in [0, 0.1) is 6.92 Å². The third-order valence-corrected chi connectivity index (χ3v) is 3.24. The molecule has 0 spiro atoms. The van der Waals surface area contributed by atoms with E-state index in [0.717, 1.165) is 13.1 Å². The number of piperazine rings is 1. The SMILES string of the molecule is Cc1ocnc1C(=O)N1CCNC(C)C1C.Cl. The van der Waals surface area contributed by atoms with Gasteiger partial charge < -0.3 is 14.6 Å². The van der Waals surface area contributed by atoms with Gasteiger partial charge in [0.2, 0.25) is 0 Å². The van der Waals surface area contributed by atoms with Gasteiger partial charge in [-0.25, -0.2) is 4.98 Å². The normalized spacial score (nSPS) is 24.3. The first-order valence-corrected chi connectivity index (χ1v) is 5.55. The van der Waals surface area contributed by atoms with Crippen molar-refractivity contribution < 1.29 is 9.21 Å². The monoisotopic (exact) mass is 259 g/mol. The molecular formula is C11H18ClN3O2. The number of halogens is 1. The first kappa shape index (κ1) is 14.0. The standard InChI is InChI=1S/C11H17N3O2.ClH/c1-7-8(2)14(5-4-12-7)11(15)10-9(3)16-6-13-10;/h6-8,12H,4-5H2,1-3H3;1H. The van der Waals surface area contributed by atoms with Crippen LogP contribution < -0.4 is 5.32 Å². The van der Waals surface area contributed by atoms with Gasteiger partial charge in [0.05, 0.1) is 0 Å². The maximum Gasteiger partial charge on any atom is 0.276 e. The van der Waals surface area contributed by atoms with Crippen LogP contribution in [-0.2, 0) is 0 Å². The molecule has 2 heterocycles. The topological polar surface area (TPSA) is 58.4 Å². The number of nitrogens with zero attached hydrogens (tertiary/aromatic N) is 2. The summed E-state index contributed by atoms with van der Waals surface area (Å²) in [6.07, 6.45) is 1.32. The van der Waals surface area contributed by atoms with E-state index < -0.39 is 0 Å². The lowest BCUT2D eigenvalue weighted by molar-refractivity contribution is 0.0596. The zero-order chi connectivity index (χ0) is 11.7. The van der Waals surface area contributed by atoms with Crippen molar-refractivity contribution in [3.63, 3.8) is 0 Å². The maximum atomic E-state index is 12.2. The summed E-state index contributed by atoms with van der Waals surface area (Å²) in [5, 5.41) is 3.34. The van der Waals surface area contributed by atoms with Crippen LogP contribution in [-0.4, -0.2) is 41.0 Å². The second-order valence-electron chi connectivity index (χ2n) is 4.24. The molecule has 2 atom stereocenters. The number of aromatic nitrogens is 1. The molecule has 17 heavy (non-hydrogen) atoms. The highest BCUT2D eigenvalue weighted by Crippen LogP contribution is 2.15. The average Bonchev–Trinajstić information content (AvgIpc) is 2.68. The Morgan fingerprint density at radius 1 is 1.59 bits per heavy atom. The van der Waals surface area contributed by atoms with E-state index in [1.807, 2.05) is 11.8 Å². The molecule has 1 fully saturated rings. The molecule has 6 heteroatoms. The van der Waals surface area contributed by atoms with Crippen LogP contribution in [0.15, 0.2) is 10.8 Å². The second kappa shape index (κ2) is 5.51. The molecule has 1 aromatic heterocycles. The number of nitrogens with one attached hydrogen (secondary N) is 1. The van der Waals surface area contributed by atoms with E-state index in [2.05, 4.69) is 17.2 Å². The highest BCUT2D eigenvalue weighted by Gasteiger charge is 2.30. The minimum Gasteiger partial charge on any atom is -0.448 e. The van der Waals surface area contributed by atoms with Crippen LogP contribution in [0.25, 0.3) is 0 Å². The lowest BCUT2D eigenvalue weighted by Crippen LogP contribution is -2.57. The summed E-state index contributed by atoms with van der Waals surface area (Å²) in [4.78, 5) is 18.0. The van der Waals surface area contributed by atoms with Crippen molar-refractivity contribution in [3.05, 3.63) is 17.8 Å². The van der Waals surface area contributed by atoms with Crippen LogP contribution in [0.1, 0.15) is 30.1 Å². The zero-order valence-corrected chi connectivity index (χ0v) is 11.1. The van der Waals surface area contributed by atoms with Crippen LogP contribution in [0.3, 0.4) is 0 Å². The molecule has 0 saturated carbocycles. The molecule has 0 aliphatic carbocycles. The smallest absolute Gasteiger partial charge is 0.276 e. The fourth-order valence-electron chi connectivity index (χ4n) is 1.99. The molecule has 5 nitrogen and oxygen atoms in total. The summed E-state index contributed by atoms with van der Waals surface area (Å²) < 4.78 is 5.06. The van der Waals surface area contributed by atoms with Gasteiger partial charge in [0.1, 0.15) is 5.76 Å². The summed E-state index contributed by atoms with van der Waals surface area (Å²) in [7, 11) is 0. The van der Waals surface area contributed by atoms with Gasteiger partial charge >= 0.3 is 0 Å². The van der Waals surface area contributed by atoms with Crippen molar-refractivity contribution in [2.24, 2.45) is 0 Å². The Labute approximate surface area is 107 Å². The van der Waals surface area contributed by atoms with E-state index in [1.54, 1.807) is 6.92 Å². The average molecular weight is 260 g/mol. The van der Waals surface area contributed by atoms with Crippen LogP contribution in [0.5, 0.6) is 0 Å². The van der Waals surface area contributed by atoms with Gasteiger partial charge in [0.25, 0.3) is 5.91 Å². The van der Waals surface area contributed by atoms with Gasteiger partial charge in [-0.15, -0.1) is 12.4 Å². The predicted octanol–water partition coefficient (Wildman–Crippen LogP) is 1.23.